The Hall–Kier alpha value is -1.46. The molecule has 1 saturated heterocycles. The number of hydrogen-bond acceptors (Lipinski definition) is 3. The lowest BCUT2D eigenvalue weighted by molar-refractivity contribution is -0.130. The molecule has 0 spiro atoms. The monoisotopic (exact) mass is 428 g/mol. The van der Waals surface area contributed by atoms with Crippen LogP contribution in [0.25, 0.3) is 0 Å². The van der Waals surface area contributed by atoms with Crippen molar-refractivity contribution in [1.29, 1.82) is 0 Å². The van der Waals surface area contributed by atoms with Crippen molar-refractivity contribution in [3.63, 3.8) is 0 Å². The molecule has 3 rings (SSSR count). The van der Waals surface area contributed by atoms with Crippen molar-refractivity contribution >= 4 is 41.5 Å². The lowest BCUT2D eigenvalue weighted by atomic mass is 9.89. The fourth-order valence-electron chi connectivity index (χ4n) is 3.37. The summed E-state index contributed by atoms with van der Waals surface area (Å²) < 4.78 is 5.62. The van der Waals surface area contributed by atoms with Crippen molar-refractivity contribution in [2.75, 3.05) is 26.2 Å². The maximum Gasteiger partial charge on any atom is 0.226 e. The standard InChI is InChI=1S/C20H22Cl2N2O2.ClH/c21-18-7-6-16(10-19(18)22)26-9-8-20(25)24-12-15(11-23)17(13-24)14-4-2-1-3-5-14;/h1-7,10,15,17H,8-9,11-13,23H2;1H/t15-,17+;/m1./s1. The average Bonchev–Trinajstić information content (AvgIpc) is 3.10. The molecule has 2 atom stereocenters. The fourth-order valence-corrected chi connectivity index (χ4v) is 3.66. The van der Waals surface area contributed by atoms with Gasteiger partial charge in [-0.3, -0.25) is 4.79 Å². The molecular formula is C20H23Cl3N2O2. The Labute approximate surface area is 176 Å². The Bertz CT molecular complexity index is 758. The molecule has 27 heavy (non-hydrogen) atoms. The van der Waals surface area contributed by atoms with Crippen LogP contribution in [-0.2, 0) is 4.79 Å². The zero-order chi connectivity index (χ0) is 18.5. The molecule has 146 valence electrons. The van der Waals surface area contributed by atoms with E-state index in [0.717, 1.165) is 0 Å². The van der Waals surface area contributed by atoms with Crippen molar-refractivity contribution in [1.82, 2.24) is 4.90 Å². The highest BCUT2D eigenvalue weighted by molar-refractivity contribution is 6.42. The van der Waals surface area contributed by atoms with E-state index in [2.05, 4.69) is 12.1 Å². The summed E-state index contributed by atoms with van der Waals surface area (Å²) in [4.78, 5) is 14.4. The SMILES string of the molecule is Cl.NC[C@@H]1CN(C(=O)CCOc2ccc(Cl)c(Cl)c2)C[C@H]1c1ccccc1. The van der Waals surface area contributed by atoms with E-state index in [1.807, 2.05) is 23.1 Å². The Morgan fingerprint density at radius 1 is 1.11 bits per heavy atom. The highest BCUT2D eigenvalue weighted by Gasteiger charge is 2.34. The van der Waals surface area contributed by atoms with Gasteiger partial charge in [-0.15, -0.1) is 12.4 Å². The van der Waals surface area contributed by atoms with Crippen LogP contribution in [0.1, 0.15) is 17.9 Å². The lowest BCUT2D eigenvalue weighted by Crippen LogP contribution is -2.30. The Morgan fingerprint density at radius 2 is 1.85 bits per heavy atom. The molecule has 4 nitrogen and oxygen atoms in total. The van der Waals surface area contributed by atoms with Gasteiger partial charge in [0.1, 0.15) is 5.75 Å². The second-order valence-corrected chi connectivity index (χ2v) is 7.30. The fraction of sp³-hybridized carbons (Fsp3) is 0.350. The number of nitrogens with zero attached hydrogens (tertiary/aromatic N) is 1. The number of nitrogens with two attached hydrogens (primary N) is 1. The predicted octanol–water partition coefficient (Wildman–Crippen LogP) is 4.39. The summed E-state index contributed by atoms with van der Waals surface area (Å²) in [5, 5.41) is 0.915. The van der Waals surface area contributed by atoms with Gasteiger partial charge in [-0.05, 0) is 30.2 Å². The molecule has 2 aromatic rings. The minimum Gasteiger partial charge on any atom is -0.493 e. The molecule has 7 heteroatoms. The van der Waals surface area contributed by atoms with Crippen molar-refractivity contribution < 1.29 is 9.53 Å². The summed E-state index contributed by atoms with van der Waals surface area (Å²) in [7, 11) is 0. The number of amides is 1. The van der Waals surface area contributed by atoms with Crippen molar-refractivity contribution in [2.45, 2.75) is 12.3 Å². The van der Waals surface area contributed by atoms with Gasteiger partial charge < -0.3 is 15.4 Å². The maximum absolute atomic E-state index is 12.6. The first-order valence-electron chi connectivity index (χ1n) is 8.69. The van der Waals surface area contributed by atoms with Crippen molar-refractivity contribution in [3.05, 3.63) is 64.1 Å². The smallest absolute Gasteiger partial charge is 0.226 e. The van der Waals surface area contributed by atoms with Gasteiger partial charge in [0.15, 0.2) is 0 Å². The second-order valence-electron chi connectivity index (χ2n) is 6.49. The van der Waals surface area contributed by atoms with Crippen LogP contribution in [0, 0.1) is 5.92 Å². The van der Waals surface area contributed by atoms with Crippen LogP contribution in [0.2, 0.25) is 10.0 Å². The molecule has 1 aliphatic rings. The molecule has 1 fully saturated rings. The van der Waals surface area contributed by atoms with Crippen LogP contribution in [-0.4, -0.2) is 37.0 Å². The third-order valence-electron chi connectivity index (χ3n) is 4.80. The lowest BCUT2D eigenvalue weighted by Gasteiger charge is -2.17. The third-order valence-corrected chi connectivity index (χ3v) is 5.54. The van der Waals surface area contributed by atoms with E-state index >= 15 is 0 Å². The normalized spacial score (nSPS) is 18.9. The molecule has 0 bridgehead atoms. The first-order chi connectivity index (χ1) is 12.6. The van der Waals surface area contributed by atoms with Gasteiger partial charge >= 0.3 is 0 Å². The van der Waals surface area contributed by atoms with Gasteiger partial charge in [-0.25, -0.2) is 0 Å². The van der Waals surface area contributed by atoms with Gasteiger partial charge in [-0.2, -0.15) is 0 Å². The van der Waals surface area contributed by atoms with E-state index in [9.17, 15) is 4.79 Å². The molecule has 0 aromatic heterocycles. The van der Waals surface area contributed by atoms with Crippen LogP contribution in [0.5, 0.6) is 5.75 Å². The van der Waals surface area contributed by atoms with E-state index in [-0.39, 0.29) is 24.2 Å². The third kappa shape index (κ3) is 5.52. The van der Waals surface area contributed by atoms with Gasteiger partial charge in [0.05, 0.1) is 23.1 Å². The summed E-state index contributed by atoms with van der Waals surface area (Å²) in [5.74, 6) is 1.27. The van der Waals surface area contributed by atoms with Gasteiger partial charge in [0, 0.05) is 25.1 Å². The van der Waals surface area contributed by atoms with Crippen LogP contribution >= 0.6 is 35.6 Å². The number of halogens is 3. The number of benzene rings is 2. The minimum absolute atomic E-state index is 0. The largest absolute Gasteiger partial charge is 0.493 e. The first kappa shape index (κ1) is 21.8. The van der Waals surface area contributed by atoms with Crippen molar-refractivity contribution in [3.8, 4) is 5.75 Å². The summed E-state index contributed by atoms with van der Waals surface area (Å²) >= 11 is 11.9. The van der Waals surface area contributed by atoms with E-state index in [4.69, 9.17) is 33.7 Å². The summed E-state index contributed by atoms with van der Waals surface area (Å²) in [6.07, 6.45) is 0.318. The molecule has 0 unspecified atom stereocenters. The van der Waals surface area contributed by atoms with E-state index in [1.54, 1.807) is 18.2 Å². The number of hydrogen-bond donors (Lipinski definition) is 1. The zero-order valence-corrected chi connectivity index (χ0v) is 17.1. The van der Waals surface area contributed by atoms with Crippen LogP contribution in [0.3, 0.4) is 0 Å². The molecule has 0 aliphatic carbocycles. The number of rotatable bonds is 6. The Balaban J connectivity index is 0.00000261. The minimum atomic E-state index is 0. The molecule has 2 N–H and O–H groups in total. The number of carbonyl (C=O) groups is 1. The van der Waals surface area contributed by atoms with Crippen LogP contribution in [0.4, 0.5) is 0 Å². The predicted molar refractivity (Wildman–Crippen MR) is 112 cm³/mol. The van der Waals surface area contributed by atoms with E-state index < -0.39 is 0 Å². The molecule has 1 heterocycles. The maximum atomic E-state index is 12.6. The highest BCUT2D eigenvalue weighted by Crippen LogP contribution is 2.32. The van der Waals surface area contributed by atoms with Crippen LogP contribution in [0.15, 0.2) is 48.5 Å². The van der Waals surface area contributed by atoms with Gasteiger partial charge in [0.2, 0.25) is 5.91 Å². The van der Waals surface area contributed by atoms with E-state index in [0.29, 0.717) is 54.4 Å². The zero-order valence-electron chi connectivity index (χ0n) is 14.8. The number of likely N-dealkylation sites (tertiary alicyclic amines) is 1. The van der Waals surface area contributed by atoms with E-state index in [1.165, 1.54) is 5.56 Å². The highest BCUT2D eigenvalue weighted by atomic mass is 35.5. The molecule has 2 aromatic carbocycles. The number of carbonyl (C=O) groups excluding carboxylic acids is 1. The molecular weight excluding hydrogens is 407 g/mol. The molecule has 1 aliphatic heterocycles. The Morgan fingerprint density at radius 3 is 2.52 bits per heavy atom. The topological polar surface area (TPSA) is 55.6 Å². The molecule has 1 amide bonds. The molecule has 0 saturated carbocycles. The summed E-state index contributed by atoms with van der Waals surface area (Å²) in [6, 6.07) is 15.3. The first-order valence-corrected chi connectivity index (χ1v) is 9.44. The average molecular weight is 430 g/mol. The van der Waals surface area contributed by atoms with Gasteiger partial charge in [0.25, 0.3) is 0 Å². The number of ether oxygens (including phenoxy) is 1. The molecule has 0 radical (unpaired) electrons. The second kappa shape index (κ2) is 10.2. The summed E-state index contributed by atoms with van der Waals surface area (Å²) in [5.41, 5.74) is 7.18. The van der Waals surface area contributed by atoms with Crippen molar-refractivity contribution in [2.24, 2.45) is 11.7 Å². The summed E-state index contributed by atoms with van der Waals surface area (Å²) in [6.45, 7) is 2.28. The van der Waals surface area contributed by atoms with Crippen LogP contribution < -0.4 is 10.5 Å². The van der Waals surface area contributed by atoms with Gasteiger partial charge in [-0.1, -0.05) is 53.5 Å². The Kier molecular flexibility index (Phi) is 8.24. The quantitative estimate of drug-likeness (QED) is 0.741.